The highest BCUT2D eigenvalue weighted by Crippen LogP contribution is 2.31. The van der Waals surface area contributed by atoms with Crippen molar-refractivity contribution in [3.63, 3.8) is 0 Å². The summed E-state index contributed by atoms with van der Waals surface area (Å²) in [6, 6.07) is 0.308. The Kier molecular flexibility index (Phi) is 5.22. The van der Waals surface area contributed by atoms with Crippen molar-refractivity contribution in [2.45, 2.75) is 83.1 Å². The summed E-state index contributed by atoms with van der Waals surface area (Å²) < 4.78 is 5.58. The van der Waals surface area contributed by atoms with Crippen LogP contribution in [0.15, 0.2) is 0 Å². The Morgan fingerprint density at radius 1 is 1.26 bits per heavy atom. The molecular formula is C15H28N2O2. The van der Waals surface area contributed by atoms with Gasteiger partial charge in [0.2, 0.25) is 5.91 Å². The highest BCUT2D eigenvalue weighted by Gasteiger charge is 2.45. The summed E-state index contributed by atoms with van der Waals surface area (Å²) in [7, 11) is 1.77. The number of ether oxygens (including phenoxy) is 1. The SMILES string of the molecule is CCCC1NC(CCC)N(C2CCCC2OC)C1=O. The fourth-order valence-corrected chi connectivity index (χ4v) is 3.60. The number of hydrogen-bond donors (Lipinski definition) is 1. The third-order valence-corrected chi connectivity index (χ3v) is 4.50. The Balaban J connectivity index is 2.12. The zero-order valence-electron chi connectivity index (χ0n) is 12.5. The van der Waals surface area contributed by atoms with E-state index >= 15 is 0 Å². The molecule has 0 aromatic carbocycles. The van der Waals surface area contributed by atoms with Crippen LogP contribution in [0, 0.1) is 0 Å². The Hall–Kier alpha value is -0.610. The molecule has 0 bridgehead atoms. The predicted molar refractivity (Wildman–Crippen MR) is 75.8 cm³/mol. The average Bonchev–Trinajstić information content (AvgIpc) is 2.96. The van der Waals surface area contributed by atoms with Crippen molar-refractivity contribution >= 4 is 5.91 Å². The molecule has 0 spiro atoms. The van der Waals surface area contributed by atoms with E-state index in [0.717, 1.165) is 38.5 Å². The highest BCUT2D eigenvalue weighted by molar-refractivity contribution is 5.84. The lowest BCUT2D eigenvalue weighted by molar-refractivity contribution is -0.134. The zero-order chi connectivity index (χ0) is 13.8. The van der Waals surface area contributed by atoms with Gasteiger partial charge in [0.25, 0.3) is 0 Å². The molecule has 0 radical (unpaired) electrons. The van der Waals surface area contributed by atoms with Crippen LogP contribution in [0.2, 0.25) is 0 Å². The maximum absolute atomic E-state index is 12.6. The number of amides is 1. The first-order chi connectivity index (χ1) is 9.22. The summed E-state index contributed by atoms with van der Waals surface area (Å²) in [6.07, 6.45) is 7.93. The molecule has 4 atom stereocenters. The lowest BCUT2D eigenvalue weighted by atomic mass is 10.1. The Bertz CT molecular complexity index is 309. The van der Waals surface area contributed by atoms with Gasteiger partial charge in [0.1, 0.15) is 0 Å². The van der Waals surface area contributed by atoms with Gasteiger partial charge in [-0.15, -0.1) is 0 Å². The van der Waals surface area contributed by atoms with E-state index in [1.807, 2.05) is 0 Å². The fourth-order valence-electron chi connectivity index (χ4n) is 3.60. The number of carbonyl (C=O) groups excluding carboxylic acids is 1. The van der Waals surface area contributed by atoms with Crippen molar-refractivity contribution < 1.29 is 9.53 Å². The van der Waals surface area contributed by atoms with Gasteiger partial charge in [-0.3, -0.25) is 10.1 Å². The summed E-state index contributed by atoms with van der Waals surface area (Å²) in [4.78, 5) is 14.8. The number of methoxy groups -OCH3 is 1. The minimum atomic E-state index is 0.0275. The monoisotopic (exact) mass is 268 g/mol. The zero-order valence-corrected chi connectivity index (χ0v) is 12.5. The Morgan fingerprint density at radius 3 is 2.63 bits per heavy atom. The van der Waals surface area contributed by atoms with Gasteiger partial charge in [0, 0.05) is 7.11 Å². The molecule has 1 aliphatic carbocycles. The molecule has 4 nitrogen and oxygen atoms in total. The van der Waals surface area contributed by atoms with Crippen molar-refractivity contribution in [3.8, 4) is 0 Å². The lowest BCUT2D eigenvalue weighted by Gasteiger charge is -2.33. The maximum Gasteiger partial charge on any atom is 0.241 e. The summed E-state index contributed by atoms with van der Waals surface area (Å²) >= 11 is 0. The van der Waals surface area contributed by atoms with Crippen LogP contribution in [0.3, 0.4) is 0 Å². The summed E-state index contributed by atoms with van der Waals surface area (Å²) in [6.45, 7) is 4.32. The molecule has 2 aliphatic rings. The van der Waals surface area contributed by atoms with E-state index in [-0.39, 0.29) is 24.4 Å². The third kappa shape index (κ3) is 2.95. The van der Waals surface area contributed by atoms with Gasteiger partial charge in [-0.2, -0.15) is 0 Å². The van der Waals surface area contributed by atoms with E-state index in [9.17, 15) is 4.79 Å². The molecule has 0 aromatic rings. The molecule has 0 aromatic heterocycles. The summed E-state index contributed by atoms with van der Waals surface area (Å²) in [5, 5.41) is 3.54. The lowest BCUT2D eigenvalue weighted by Crippen LogP contribution is -2.48. The first-order valence-electron chi connectivity index (χ1n) is 7.83. The molecule has 19 heavy (non-hydrogen) atoms. The number of nitrogens with one attached hydrogen (secondary N) is 1. The smallest absolute Gasteiger partial charge is 0.241 e. The van der Waals surface area contributed by atoms with Crippen LogP contribution in [0.25, 0.3) is 0 Å². The molecule has 1 heterocycles. The van der Waals surface area contributed by atoms with Gasteiger partial charge < -0.3 is 9.64 Å². The van der Waals surface area contributed by atoms with Gasteiger partial charge in [-0.05, 0) is 32.1 Å². The second-order valence-electron chi connectivity index (χ2n) is 5.83. The van der Waals surface area contributed by atoms with Crippen LogP contribution in [0.4, 0.5) is 0 Å². The van der Waals surface area contributed by atoms with Gasteiger partial charge >= 0.3 is 0 Å². The molecule has 4 heteroatoms. The molecule has 110 valence electrons. The predicted octanol–water partition coefficient (Wildman–Crippen LogP) is 2.28. The Morgan fingerprint density at radius 2 is 2.00 bits per heavy atom. The van der Waals surface area contributed by atoms with E-state index in [0.29, 0.717) is 5.91 Å². The van der Waals surface area contributed by atoms with Crippen LogP contribution >= 0.6 is 0 Å². The first kappa shape index (κ1) is 14.8. The van der Waals surface area contributed by atoms with Crippen LogP contribution in [0.1, 0.15) is 58.8 Å². The van der Waals surface area contributed by atoms with E-state index < -0.39 is 0 Å². The Labute approximate surface area is 116 Å². The van der Waals surface area contributed by atoms with Crippen LogP contribution in [0.5, 0.6) is 0 Å². The van der Waals surface area contributed by atoms with Crippen LogP contribution < -0.4 is 5.32 Å². The molecular weight excluding hydrogens is 240 g/mol. The number of nitrogens with zero attached hydrogens (tertiary/aromatic N) is 1. The largest absolute Gasteiger partial charge is 0.379 e. The quantitative estimate of drug-likeness (QED) is 0.803. The van der Waals surface area contributed by atoms with E-state index in [4.69, 9.17) is 4.74 Å². The molecule has 1 aliphatic heterocycles. The number of carbonyl (C=O) groups is 1. The van der Waals surface area contributed by atoms with E-state index in [1.165, 1.54) is 6.42 Å². The van der Waals surface area contributed by atoms with Gasteiger partial charge in [0.15, 0.2) is 0 Å². The summed E-state index contributed by atoms with van der Waals surface area (Å²) in [5.41, 5.74) is 0. The molecule has 2 fully saturated rings. The van der Waals surface area contributed by atoms with Crippen LogP contribution in [-0.2, 0) is 9.53 Å². The maximum atomic E-state index is 12.6. The molecule has 1 amide bonds. The van der Waals surface area contributed by atoms with Crippen LogP contribution in [-0.4, -0.2) is 42.3 Å². The second-order valence-corrected chi connectivity index (χ2v) is 5.83. The van der Waals surface area contributed by atoms with Crippen molar-refractivity contribution in [2.24, 2.45) is 0 Å². The standard InChI is InChI=1S/C15H28N2O2/c1-4-7-11-15(18)17(14(16-11)8-5-2)12-9-6-10-13(12)19-3/h11-14,16H,4-10H2,1-3H3. The van der Waals surface area contributed by atoms with Gasteiger partial charge in [0.05, 0.1) is 24.4 Å². The summed E-state index contributed by atoms with van der Waals surface area (Å²) in [5.74, 6) is 0.300. The fraction of sp³-hybridized carbons (Fsp3) is 0.933. The van der Waals surface area contributed by atoms with Crippen molar-refractivity contribution in [2.75, 3.05) is 7.11 Å². The van der Waals surface area contributed by atoms with E-state index in [1.54, 1.807) is 7.11 Å². The van der Waals surface area contributed by atoms with E-state index in [2.05, 4.69) is 24.1 Å². The molecule has 4 unspecified atom stereocenters. The highest BCUT2D eigenvalue weighted by atomic mass is 16.5. The third-order valence-electron chi connectivity index (χ3n) is 4.50. The normalized spacial score (nSPS) is 35.3. The average molecular weight is 268 g/mol. The minimum Gasteiger partial charge on any atom is -0.379 e. The topological polar surface area (TPSA) is 41.6 Å². The van der Waals surface area contributed by atoms with Crippen molar-refractivity contribution in [1.29, 1.82) is 0 Å². The molecule has 2 rings (SSSR count). The molecule has 1 N–H and O–H groups in total. The minimum absolute atomic E-state index is 0.0275. The molecule has 1 saturated heterocycles. The van der Waals surface area contributed by atoms with Gasteiger partial charge in [-0.1, -0.05) is 26.7 Å². The number of hydrogen-bond acceptors (Lipinski definition) is 3. The van der Waals surface area contributed by atoms with Crippen molar-refractivity contribution in [3.05, 3.63) is 0 Å². The first-order valence-corrected chi connectivity index (χ1v) is 7.83. The second kappa shape index (κ2) is 6.71. The van der Waals surface area contributed by atoms with Crippen molar-refractivity contribution in [1.82, 2.24) is 10.2 Å². The number of rotatable bonds is 6. The van der Waals surface area contributed by atoms with Gasteiger partial charge in [-0.25, -0.2) is 0 Å². The molecule has 1 saturated carbocycles.